The summed E-state index contributed by atoms with van der Waals surface area (Å²) in [6.07, 6.45) is 25.2. The Hall–Kier alpha value is -2.45. The van der Waals surface area contributed by atoms with Crippen LogP contribution >= 0.6 is 0 Å². The van der Waals surface area contributed by atoms with Gasteiger partial charge in [-0.2, -0.15) is 0 Å². The van der Waals surface area contributed by atoms with E-state index >= 15 is 0 Å². The zero-order chi connectivity index (χ0) is 41.0. The van der Waals surface area contributed by atoms with Crippen LogP contribution in [0, 0.1) is 17.3 Å². The number of rotatable bonds is 39. The normalized spacial score (nSPS) is 11.7. The molecular formula is C48H84O8. The van der Waals surface area contributed by atoms with Gasteiger partial charge in [-0.15, -0.1) is 0 Å². The van der Waals surface area contributed by atoms with Crippen LogP contribution in [-0.2, 0) is 44.7 Å². The fraction of sp³-hybridized carbons (Fsp3) is 0.812. The highest BCUT2D eigenvalue weighted by molar-refractivity contribution is 5.76. The minimum atomic E-state index is -0.987. The molecule has 0 saturated carbocycles. The predicted molar refractivity (Wildman–Crippen MR) is 228 cm³/mol. The highest BCUT2D eigenvalue weighted by atomic mass is 16.5. The van der Waals surface area contributed by atoms with E-state index in [1.54, 1.807) is 0 Å². The molecule has 0 spiro atoms. The van der Waals surface area contributed by atoms with Crippen LogP contribution in [0.4, 0.5) is 0 Å². The Morgan fingerprint density at radius 3 is 1.23 bits per heavy atom. The van der Waals surface area contributed by atoms with E-state index in [0.717, 1.165) is 69.8 Å². The van der Waals surface area contributed by atoms with Crippen LogP contribution in [0.3, 0.4) is 0 Å². The maximum atomic E-state index is 13.4. The van der Waals surface area contributed by atoms with Crippen LogP contribution in [0.5, 0.6) is 0 Å². The molecule has 0 N–H and O–H groups in total. The Morgan fingerprint density at radius 1 is 0.482 bits per heavy atom. The second kappa shape index (κ2) is 35.7. The molecule has 1 aromatic rings. The van der Waals surface area contributed by atoms with E-state index in [1.165, 1.54) is 77.0 Å². The predicted octanol–water partition coefficient (Wildman–Crippen LogP) is 12.5. The second-order valence-electron chi connectivity index (χ2n) is 16.3. The molecule has 0 heterocycles. The van der Waals surface area contributed by atoms with Crippen molar-refractivity contribution in [2.24, 2.45) is 17.3 Å². The van der Waals surface area contributed by atoms with Crippen molar-refractivity contribution in [1.29, 1.82) is 0 Å². The van der Waals surface area contributed by atoms with Gasteiger partial charge < -0.3 is 23.7 Å². The van der Waals surface area contributed by atoms with Crippen molar-refractivity contribution in [2.75, 3.05) is 39.6 Å². The van der Waals surface area contributed by atoms with E-state index in [9.17, 15) is 14.4 Å². The summed E-state index contributed by atoms with van der Waals surface area (Å²) < 4.78 is 29.2. The first kappa shape index (κ1) is 51.6. The molecule has 0 aliphatic heterocycles. The number of esters is 3. The molecule has 324 valence electrons. The van der Waals surface area contributed by atoms with Gasteiger partial charge in [0.25, 0.3) is 0 Å². The molecule has 0 atom stereocenters. The molecule has 0 unspecified atom stereocenters. The van der Waals surface area contributed by atoms with Crippen molar-refractivity contribution in [3.8, 4) is 0 Å². The Balaban J connectivity index is 2.54. The van der Waals surface area contributed by atoms with E-state index in [0.29, 0.717) is 39.3 Å². The van der Waals surface area contributed by atoms with Gasteiger partial charge in [-0.1, -0.05) is 161 Å². The van der Waals surface area contributed by atoms with Gasteiger partial charge in [-0.25, -0.2) is 0 Å². The summed E-state index contributed by atoms with van der Waals surface area (Å²) in [6, 6.07) is 9.64. The molecule has 56 heavy (non-hydrogen) atoms. The van der Waals surface area contributed by atoms with Crippen LogP contribution in [0.25, 0.3) is 0 Å². The van der Waals surface area contributed by atoms with Crippen molar-refractivity contribution in [3.05, 3.63) is 35.9 Å². The van der Waals surface area contributed by atoms with E-state index < -0.39 is 5.41 Å². The summed E-state index contributed by atoms with van der Waals surface area (Å²) in [5.74, 6) is -0.470. The first-order chi connectivity index (χ1) is 27.3. The molecule has 0 fully saturated rings. The van der Waals surface area contributed by atoms with Crippen LogP contribution in [0.2, 0.25) is 0 Å². The Bertz CT molecular complexity index is 998. The molecule has 0 aliphatic carbocycles. The first-order valence-corrected chi connectivity index (χ1v) is 23.0. The van der Waals surface area contributed by atoms with E-state index in [1.807, 2.05) is 37.3 Å². The number of benzene rings is 1. The fourth-order valence-corrected chi connectivity index (χ4v) is 6.88. The van der Waals surface area contributed by atoms with Gasteiger partial charge in [0.05, 0.1) is 38.3 Å². The zero-order valence-corrected chi connectivity index (χ0v) is 36.7. The van der Waals surface area contributed by atoms with Gasteiger partial charge in [-0.05, 0) is 63.9 Å². The lowest BCUT2D eigenvalue weighted by Crippen LogP contribution is -2.39. The maximum absolute atomic E-state index is 13.4. The molecule has 0 radical (unpaired) electrons. The van der Waals surface area contributed by atoms with Crippen molar-refractivity contribution >= 4 is 17.9 Å². The number of carbonyl (C=O) groups is 3. The third-order valence-corrected chi connectivity index (χ3v) is 10.7. The number of hydrogen-bond acceptors (Lipinski definition) is 8. The van der Waals surface area contributed by atoms with Gasteiger partial charge in [0, 0.05) is 13.2 Å². The van der Waals surface area contributed by atoms with Crippen LogP contribution in [0.1, 0.15) is 194 Å². The minimum absolute atomic E-state index is 0.000144. The SMILES string of the molecule is CCCCCCC(CCCCCC)C(=O)OCCCCOCC(C)(COCCCCOC(=O)C(CCCCCC)CCCCCC)C(=O)OCc1ccccc1. The number of carbonyl (C=O) groups excluding carboxylic acids is 3. The highest BCUT2D eigenvalue weighted by Crippen LogP contribution is 2.24. The van der Waals surface area contributed by atoms with Crippen molar-refractivity contribution in [3.63, 3.8) is 0 Å². The topological polar surface area (TPSA) is 97.4 Å². The van der Waals surface area contributed by atoms with Crippen molar-refractivity contribution < 1.29 is 38.1 Å². The monoisotopic (exact) mass is 789 g/mol. The van der Waals surface area contributed by atoms with Crippen molar-refractivity contribution in [2.45, 2.75) is 195 Å². The average Bonchev–Trinajstić information content (AvgIpc) is 3.21. The molecule has 1 aromatic carbocycles. The summed E-state index contributed by atoms with van der Waals surface area (Å²) in [4.78, 5) is 39.3. The molecule has 0 saturated heterocycles. The third-order valence-electron chi connectivity index (χ3n) is 10.7. The minimum Gasteiger partial charge on any atom is -0.465 e. The Morgan fingerprint density at radius 2 is 0.857 bits per heavy atom. The summed E-state index contributed by atoms with van der Waals surface area (Å²) in [5, 5.41) is 0. The molecular weight excluding hydrogens is 705 g/mol. The third kappa shape index (κ3) is 26.5. The van der Waals surface area contributed by atoms with Crippen LogP contribution in [-0.4, -0.2) is 57.5 Å². The van der Waals surface area contributed by atoms with E-state index in [2.05, 4.69) is 27.7 Å². The Labute approximate surface area is 343 Å². The molecule has 8 heteroatoms. The lowest BCUT2D eigenvalue weighted by Gasteiger charge is -2.27. The van der Waals surface area contributed by atoms with Gasteiger partial charge in [0.15, 0.2) is 0 Å². The maximum Gasteiger partial charge on any atom is 0.316 e. The van der Waals surface area contributed by atoms with Gasteiger partial charge in [0.1, 0.15) is 12.0 Å². The average molecular weight is 789 g/mol. The number of unbranched alkanes of at least 4 members (excludes halogenated alkanes) is 14. The molecule has 0 bridgehead atoms. The summed E-state index contributed by atoms with van der Waals surface area (Å²) >= 11 is 0. The first-order valence-electron chi connectivity index (χ1n) is 23.0. The zero-order valence-electron chi connectivity index (χ0n) is 36.7. The van der Waals surface area contributed by atoms with Gasteiger partial charge >= 0.3 is 17.9 Å². The molecule has 8 nitrogen and oxygen atoms in total. The summed E-state index contributed by atoms with van der Waals surface area (Å²) in [7, 11) is 0. The lowest BCUT2D eigenvalue weighted by atomic mass is 9.93. The second-order valence-corrected chi connectivity index (χ2v) is 16.3. The van der Waals surface area contributed by atoms with Crippen LogP contribution < -0.4 is 0 Å². The number of ether oxygens (including phenoxy) is 5. The lowest BCUT2D eigenvalue weighted by molar-refractivity contribution is -0.165. The summed E-state index contributed by atoms with van der Waals surface area (Å²) in [5.41, 5.74) is -0.0679. The quantitative estimate of drug-likeness (QED) is 0.0369. The largest absolute Gasteiger partial charge is 0.465 e. The smallest absolute Gasteiger partial charge is 0.316 e. The molecule has 0 amide bonds. The van der Waals surface area contributed by atoms with E-state index in [-0.39, 0.29) is 49.6 Å². The molecule has 0 aromatic heterocycles. The molecule has 0 aliphatic rings. The highest BCUT2D eigenvalue weighted by Gasteiger charge is 2.36. The molecule has 1 rings (SSSR count). The van der Waals surface area contributed by atoms with Crippen molar-refractivity contribution in [1.82, 2.24) is 0 Å². The van der Waals surface area contributed by atoms with E-state index in [4.69, 9.17) is 23.7 Å². The standard InChI is InChI=1S/C48H84O8/c1-6-10-14-21-31-43(32-22-15-11-7-2)45(49)54-37-27-25-35-52-40-48(5,47(51)56-39-42-29-19-18-20-30-42)41-53-36-26-28-38-55-46(50)44(33-23-16-12-8-3)34-24-17-13-9-4/h18-20,29-30,43-44H,6-17,21-28,31-41H2,1-5H3. The Kier molecular flexibility index (Phi) is 32.9. The van der Waals surface area contributed by atoms with Gasteiger partial charge in [0.2, 0.25) is 0 Å². The van der Waals surface area contributed by atoms with Gasteiger partial charge in [-0.3, -0.25) is 14.4 Å². The summed E-state index contributed by atoms with van der Waals surface area (Å²) in [6.45, 7) is 12.8. The fourth-order valence-electron chi connectivity index (χ4n) is 6.88. The van der Waals surface area contributed by atoms with Crippen LogP contribution in [0.15, 0.2) is 30.3 Å². The number of hydrogen-bond donors (Lipinski definition) is 0.